The van der Waals surface area contributed by atoms with E-state index in [2.05, 4.69) is 11.4 Å². The molecule has 0 amide bonds. The van der Waals surface area contributed by atoms with E-state index in [0.717, 1.165) is 17.7 Å². The van der Waals surface area contributed by atoms with Crippen LogP contribution in [0.4, 0.5) is 14.5 Å². The van der Waals surface area contributed by atoms with Crippen molar-refractivity contribution in [2.75, 3.05) is 25.6 Å². The number of likely N-dealkylation sites (tertiary alicyclic amines) is 1. The normalized spacial score (nSPS) is 36.6. The molecule has 2 fully saturated rings. The van der Waals surface area contributed by atoms with Crippen molar-refractivity contribution < 1.29 is 18.6 Å². The van der Waals surface area contributed by atoms with Crippen LogP contribution in [0, 0.1) is 11.8 Å². The number of alkyl halides is 2. The lowest BCUT2D eigenvalue weighted by atomic mass is 9.79. The van der Waals surface area contributed by atoms with Gasteiger partial charge in [-0.2, -0.15) is 0 Å². The van der Waals surface area contributed by atoms with Crippen molar-refractivity contribution in [1.29, 1.82) is 0 Å². The second-order valence-corrected chi connectivity index (χ2v) is 8.27. The van der Waals surface area contributed by atoms with Gasteiger partial charge >= 0.3 is 0 Å². The Kier molecular flexibility index (Phi) is 5.14. The Morgan fingerprint density at radius 2 is 2.15 bits per heavy atom. The highest BCUT2D eigenvalue weighted by atomic mass is 19.3. The van der Waals surface area contributed by atoms with E-state index in [4.69, 9.17) is 10.5 Å². The fourth-order valence-electron chi connectivity index (χ4n) is 5.27. The molecule has 6 atom stereocenters. The van der Waals surface area contributed by atoms with Gasteiger partial charge in [-0.05, 0) is 24.5 Å². The third kappa shape index (κ3) is 3.46. The summed E-state index contributed by atoms with van der Waals surface area (Å²) < 4.78 is 33.4. The van der Waals surface area contributed by atoms with Crippen molar-refractivity contribution in [3.05, 3.63) is 29.8 Å². The number of rotatable bonds is 4. The van der Waals surface area contributed by atoms with Gasteiger partial charge in [0.1, 0.15) is 6.23 Å². The van der Waals surface area contributed by atoms with Crippen LogP contribution in [0.3, 0.4) is 0 Å². The molecule has 1 unspecified atom stereocenters. The number of aliphatic hydroxyl groups is 1. The molecule has 5 nitrogen and oxygen atoms in total. The fraction of sp³-hybridized carbons (Fsp3) is 0.700. The zero-order valence-electron chi connectivity index (χ0n) is 15.7. The summed E-state index contributed by atoms with van der Waals surface area (Å²) in [4.78, 5) is 2.00. The Morgan fingerprint density at radius 3 is 2.93 bits per heavy atom. The van der Waals surface area contributed by atoms with E-state index in [1.807, 2.05) is 23.1 Å². The Balaban J connectivity index is 1.63. The molecule has 0 spiro atoms. The minimum absolute atomic E-state index is 0.0136. The summed E-state index contributed by atoms with van der Waals surface area (Å²) in [6.07, 6.45) is -0.358. The lowest BCUT2D eigenvalue weighted by Gasteiger charge is -2.45. The quantitative estimate of drug-likeness (QED) is 0.748. The van der Waals surface area contributed by atoms with Crippen molar-refractivity contribution in [2.24, 2.45) is 17.6 Å². The molecule has 4 rings (SSSR count). The molecule has 27 heavy (non-hydrogen) atoms. The molecule has 2 heterocycles. The summed E-state index contributed by atoms with van der Waals surface area (Å²) in [5.41, 5.74) is 8.29. The van der Waals surface area contributed by atoms with Crippen LogP contribution >= 0.6 is 0 Å². The first-order valence-corrected chi connectivity index (χ1v) is 9.83. The monoisotopic (exact) mass is 381 g/mol. The van der Waals surface area contributed by atoms with Gasteiger partial charge in [-0.15, -0.1) is 0 Å². The Morgan fingerprint density at radius 1 is 1.37 bits per heavy atom. The molecule has 1 aromatic rings. The van der Waals surface area contributed by atoms with Gasteiger partial charge in [0.15, 0.2) is 0 Å². The summed E-state index contributed by atoms with van der Waals surface area (Å²) in [6.45, 7) is 1.24. The number of nitrogens with two attached hydrogens (primary N) is 1. The lowest BCUT2D eigenvalue weighted by molar-refractivity contribution is -0.125. The van der Waals surface area contributed by atoms with Gasteiger partial charge < -0.3 is 20.9 Å². The molecule has 0 aromatic heterocycles. The van der Waals surface area contributed by atoms with E-state index in [-0.39, 0.29) is 37.3 Å². The van der Waals surface area contributed by atoms with Gasteiger partial charge in [0.2, 0.25) is 5.92 Å². The van der Waals surface area contributed by atoms with Crippen LogP contribution in [0.1, 0.15) is 37.3 Å². The van der Waals surface area contributed by atoms with Crippen LogP contribution in [-0.4, -0.2) is 54.5 Å². The lowest BCUT2D eigenvalue weighted by Crippen LogP contribution is -2.53. The van der Waals surface area contributed by atoms with Crippen LogP contribution in [0.15, 0.2) is 24.3 Å². The number of anilines is 1. The maximum absolute atomic E-state index is 14.0. The molecule has 4 N–H and O–H groups in total. The molecule has 1 saturated carbocycles. The molecular formula is C20H29F2N3O2. The van der Waals surface area contributed by atoms with Gasteiger partial charge in [0, 0.05) is 56.1 Å². The number of hydrogen-bond acceptors (Lipinski definition) is 5. The minimum Gasteiger partial charge on any atom is -0.383 e. The average Bonchev–Trinajstić information content (AvgIpc) is 3.09. The minimum atomic E-state index is -2.74. The van der Waals surface area contributed by atoms with E-state index >= 15 is 0 Å². The Labute approximate surface area is 158 Å². The first-order valence-electron chi connectivity index (χ1n) is 9.83. The Hall–Kier alpha value is -1.28. The van der Waals surface area contributed by atoms with Gasteiger partial charge in [-0.3, -0.25) is 4.90 Å². The summed E-state index contributed by atoms with van der Waals surface area (Å²) in [6, 6.07) is 7.77. The third-order valence-electron chi connectivity index (χ3n) is 6.62. The van der Waals surface area contributed by atoms with Gasteiger partial charge in [0.25, 0.3) is 0 Å². The number of aliphatic hydroxyl groups excluding tert-OH is 1. The summed E-state index contributed by atoms with van der Waals surface area (Å²) in [7, 11) is 1.68. The number of nitrogens with zero attached hydrogens (tertiary/aromatic N) is 1. The highest BCUT2D eigenvalue weighted by molar-refractivity contribution is 5.56. The van der Waals surface area contributed by atoms with Crippen molar-refractivity contribution in [3.63, 3.8) is 0 Å². The van der Waals surface area contributed by atoms with Crippen LogP contribution in [0.5, 0.6) is 0 Å². The molecule has 1 saturated heterocycles. The van der Waals surface area contributed by atoms with Crippen LogP contribution in [0.2, 0.25) is 0 Å². The molecule has 1 aliphatic carbocycles. The molecule has 7 heteroatoms. The van der Waals surface area contributed by atoms with Gasteiger partial charge in [0.05, 0.1) is 12.6 Å². The number of fused-ring (bicyclic) bond motifs is 3. The highest BCUT2D eigenvalue weighted by Gasteiger charge is 2.50. The second kappa shape index (κ2) is 7.28. The van der Waals surface area contributed by atoms with Crippen molar-refractivity contribution >= 4 is 5.69 Å². The maximum Gasteiger partial charge on any atom is 0.248 e. The predicted octanol–water partition coefficient (Wildman–Crippen LogP) is 2.57. The van der Waals surface area contributed by atoms with Gasteiger partial charge in [-0.25, -0.2) is 8.78 Å². The number of methoxy groups -OCH3 is 1. The van der Waals surface area contributed by atoms with E-state index < -0.39 is 24.1 Å². The van der Waals surface area contributed by atoms with Crippen molar-refractivity contribution in [1.82, 2.24) is 4.90 Å². The van der Waals surface area contributed by atoms with Crippen molar-refractivity contribution in [2.45, 2.75) is 56.0 Å². The van der Waals surface area contributed by atoms with Crippen LogP contribution < -0.4 is 11.1 Å². The average molecular weight is 381 g/mol. The Bertz CT molecular complexity index is 674. The number of benzene rings is 1. The van der Waals surface area contributed by atoms with Crippen LogP contribution in [-0.2, 0) is 4.74 Å². The standard InChI is InChI=1S/C20H29F2N3O2/c1-27-11-17-13-7-9-25(18(13)12-4-2-3-5-16(12)24-17)19(26)14-10-20(21,22)8-6-15(14)23/h2-5,13-15,17-19,24,26H,6-11,23H2,1H3/t13-,14+,15-,17+,18+,19?/m1/s1. The summed E-state index contributed by atoms with van der Waals surface area (Å²) >= 11 is 0. The zero-order chi connectivity index (χ0) is 19.2. The predicted molar refractivity (Wildman–Crippen MR) is 99.6 cm³/mol. The second-order valence-electron chi connectivity index (χ2n) is 8.27. The molecule has 1 aromatic carbocycles. The number of ether oxygens (including phenoxy) is 1. The SMILES string of the molecule is COC[C@@H]1Nc2ccccc2[C@H]2[C@@H]1CCN2C(O)[C@H]1CC(F)(F)CC[C@H]1N. The van der Waals surface area contributed by atoms with E-state index in [9.17, 15) is 13.9 Å². The van der Waals surface area contributed by atoms with E-state index in [1.54, 1.807) is 7.11 Å². The van der Waals surface area contributed by atoms with Crippen molar-refractivity contribution in [3.8, 4) is 0 Å². The van der Waals surface area contributed by atoms with E-state index in [0.29, 0.717) is 13.2 Å². The number of hydrogen-bond donors (Lipinski definition) is 3. The highest BCUT2D eigenvalue weighted by Crippen LogP contribution is 2.49. The maximum atomic E-state index is 14.0. The fourth-order valence-corrected chi connectivity index (χ4v) is 5.27. The molecule has 0 radical (unpaired) electrons. The smallest absolute Gasteiger partial charge is 0.248 e. The summed E-state index contributed by atoms with van der Waals surface area (Å²) in [5, 5.41) is 14.7. The molecule has 0 bridgehead atoms. The van der Waals surface area contributed by atoms with E-state index in [1.165, 1.54) is 0 Å². The molecular weight excluding hydrogens is 352 g/mol. The number of para-hydroxylation sites is 1. The van der Waals surface area contributed by atoms with Crippen LogP contribution in [0.25, 0.3) is 0 Å². The summed E-state index contributed by atoms with van der Waals surface area (Å²) in [5.74, 6) is -3.10. The number of nitrogens with one attached hydrogen (secondary N) is 1. The largest absolute Gasteiger partial charge is 0.383 e. The first-order chi connectivity index (χ1) is 12.9. The van der Waals surface area contributed by atoms with Gasteiger partial charge in [-0.1, -0.05) is 18.2 Å². The first kappa shape index (κ1) is 19.1. The number of halogens is 2. The molecule has 2 aliphatic heterocycles. The third-order valence-corrected chi connectivity index (χ3v) is 6.62. The molecule has 3 aliphatic rings. The zero-order valence-corrected chi connectivity index (χ0v) is 15.7. The topological polar surface area (TPSA) is 70.8 Å². The molecule has 150 valence electrons.